The normalized spacial score (nSPS) is 16.4. The molecule has 1 aliphatic carbocycles. The Morgan fingerprint density at radius 1 is 1.39 bits per heavy atom. The van der Waals surface area contributed by atoms with E-state index in [9.17, 15) is 0 Å². The zero-order valence-corrected chi connectivity index (χ0v) is 11.5. The lowest BCUT2D eigenvalue weighted by molar-refractivity contribution is 0.354. The smallest absolute Gasteiger partial charge is 0.179 e. The van der Waals surface area contributed by atoms with Gasteiger partial charge in [0.2, 0.25) is 0 Å². The number of rotatable bonds is 6. The van der Waals surface area contributed by atoms with Gasteiger partial charge in [-0.15, -0.1) is 0 Å². The minimum Gasteiger partial charge on any atom is -0.493 e. The average molecular weight is 271 g/mol. The van der Waals surface area contributed by atoms with Gasteiger partial charge < -0.3 is 20.5 Å². The van der Waals surface area contributed by atoms with Crippen LogP contribution in [0.4, 0.5) is 0 Å². The molecular weight excluding hydrogens is 252 g/mol. The Balaban J connectivity index is 2.30. The molecule has 18 heavy (non-hydrogen) atoms. The van der Waals surface area contributed by atoms with Crippen molar-refractivity contribution in [2.24, 2.45) is 5.73 Å². The number of ether oxygens (including phenoxy) is 2. The number of hydrogen-bond acceptors (Lipinski definition) is 4. The van der Waals surface area contributed by atoms with E-state index in [1.807, 2.05) is 12.1 Å². The van der Waals surface area contributed by atoms with Gasteiger partial charge in [0.15, 0.2) is 11.5 Å². The molecule has 0 spiro atoms. The monoisotopic (exact) mass is 270 g/mol. The van der Waals surface area contributed by atoms with E-state index in [-0.39, 0.29) is 6.04 Å². The van der Waals surface area contributed by atoms with Crippen molar-refractivity contribution in [3.63, 3.8) is 0 Å². The van der Waals surface area contributed by atoms with Crippen LogP contribution in [0, 0.1) is 0 Å². The van der Waals surface area contributed by atoms with E-state index in [1.165, 1.54) is 12.8 Å². The van der Waals surface area contributed by atoms with E-state index >= 15 is 0 Å². The van der Waals surface area contributed by atoms with Gasteiger partial charge in [0, 0.05) is 18.6 Å². The van der Waals surface area contributed by atoms with E-state index in [0.29, 0.717) is 29.1 Å². The highest BCUT2D eigenvalue weighted by Crippen LogP contribution is 2.40. The molecule has 0 aliphatic heterocycles. The number of methoxy groups -OCH3 is 2. The SMILES string of the molecule is COc1ccc(C(CN)NC2CC2)c(Cl)c1OC. The third-order valence-electron chi connectivity index (χ3n) is 3.14. The molecule has 1 atom stereocenters. The largest absolute Gasteiger partial charge is 0.493 e. The first kappa shape index (κ1) is 13.5. The van der Waals surface area contributed by atoms with Crippen LogP contribution in [0.15, 0.2) is 12.1 Å². The summed E-state index contributed by atoms with van der Waals surface area (Å²) in [5.74, 6) is 1.20. The van der Waals surface area contributed by atoms with Gasteiger partial charge in [0.1, 0.15) is 0 Å². The molecule has 1 aliphatic rings. The summed E-state index contributed by atoms with van der Waals surface area (Å²) < 4.78 is 10.5. The van der Waals surface area contributed by atoms with Crippen LogP contribution in [-0.4, -0.2) is 26.8 Å². The predicted molar refractivity (Wildman–Crippen MR) is 72.5 cm³/mol. The summed E-state index contributed by atoms with van der Waals surface area (Å²) in [5, 5.41) is 4.05. The molecule has 100 valence electrons. The molecule has 1 unspecified atom stereocenters. The van der Waals surface area contributed by atoms with Crippen LogP contribution in [0.25, 0.3) is 0 Å². The summed E-state index contributed by atoms with van der Waals surface area (Å²) in [7, 11) is 3.18. The van der Waals surface area contributed by atoms with Crippen molar-refractivity contribution in [2.75, 3.05) is 20.8 Å². The Morgan fingerprint density at radius 2 is 2.11 bits per heavy atom. The predicted octanol–water partition coefficient (Wildman–Crippen LogP) is 2.11. The molecule has 0 aromatic heterocycles. The molecule has 0 radical (unpaired) electrons. The van der Waals surface area contributed by atoms with Crippen molar-refractivity contribution >= 4 is 11.6 Å². The zero-order chi connectivity index (χ0) is 13.1. The lowest BCUT2D eigenvalue weighted by Crippen LogP contribution is -2.30. The fraction of sp³-hybridized carbons (Fsp3) is 0.538. The van der Waals surface area contributed by atoms with Gasteiger partial charge in [-0.3, -0.25) is 0 Å². The van der Waals surface area contributed by atoms with Crippen LogP contribution in [-0.2, 0) is 0 Å². The first-order valence-electron chi connectivity index (χ1n) is 6.07. The number of benzene rings is 1. The number of hydrogen-bond donors (Lipinski definition) is 2. The Labute approximate surface area is 112 Å². The first-order valence-corrected chi connectivity index (χ1v) is 6.45. The topological polar surface area (TPSA) is 56.5 Å². The van der Waals surface area contributed by atoms with Gasteiger partial charge in [-0.05, 0) is 24.5 Å². The van der Waals surface area contributed by atoms with Crippen molar-refractivity contribution in [2.45, 2.75) is 24.9 Å². The first-order chi connectivity index (χ1) is 8.71. The van der Waals surface area contributed by atoms with E-state index in [2.05, 4.69) is 5.32 Å². The highest BCUT2D eigenvalue weighted by Gasteiger charge is 2.27. The van der Waals surface area contributed by atoms with Gasteiger partial charge >= 0.3 is 0 Å². The molecule has 3 N–H and O–H groups in total. The summed E-state index contributed by atoms with van der Waals surface area (Å²) in [4.78, 5) is 0. The molecule has 1 aromatic rings. The van der Waals surface area contributed by atoms with Crippen molar-refractivity contribution in [3.8, 4) is 11.5 Å². The molecule has 0 bridgehead atoms. The van der Waals surface area contributed by atoms with Crippen LogP contribution in [0.2, 0.25) is 5.02 Å². The van der Waals surface area contributed by atoms with E-state index < -0.39 is 0 Å². The summed E-state index contributed by atoms with van der Waals surface area (Å²) in [6.07, 6.45) is 2.42. The Morgan fingerprint density at radius 3 is 2.61 bits per heavy atom. The summed E-state index contributed by atoms with van der Waals surface area (Å²) >= 11 is 6.37. The molecule has 1 aromatic carbocycles. The molecule has 1 saturated carbocycles. The highest BCUT2D eigenvalue weighted by molar-refractivity contribution is 6.33. The number of nitrogens with two attached hydrogens (primary N) is 1. The van der Waals surface area contributed by atoms with E-state index in [0.717, 1.165) is 5.56 Å². The molecule has 5 heteroatoms. The Kier molecular flexibility index (Phi) is 4.32. The lowest BCUT2D eigenvalue weighted by Gasteiger charge is -2.20. The molecule has 0 saturated heterocycles. The maximum absolute atomic E-state index is 6.37. The van der Waals surface area contributed by atoms with Crippen LogP contribution < -0.4 is 20.5 Å². The van der Waals surface area contributed by atoms with Crippen LogP contribution >= 0.6 is 11.6 Å². The fourth-order valence-corrected chi connectivity index (χ4v) is 2.36. The molecule has 1 fully saturated rings. The van der Waals surface area contributed by atoms with E-state index in [1.54, 1.807) is 14.2 Å². The summed E-state index contributed by atoms with van der Waals surface area (Å²) in [6, 6.07) is 4.43. The molecule has 4 nitrogen and oxygen atoms in total. The molecule has 0 amide bonds. The van der Waals surface area contributed by atoms with Crippen molar-refractivity contribution in [1.29, 1.82) is 0 Å². The van der Waals surface area contributed by atoms with Gasteiger partial charge in [-0.25, -0.2) is 0 Å². The van der Waals surface area contributed by atoms with Gasteiger partial charge in [-0.1, -0.05) is 17.7 Å². The van der Waals surface area contributed by atoms with Crippen molar-refractivity contribution in [1.82, 2.24) is 5.32 Å². The zero-order valence-electron chi connectivity index (χ0n) is 10.7. The molecule has 0 heterocycles. The standard InChI is InChI=1S/C13H19ClN2O2/c1-17-11-6-5-9(12(14)13(11)18-2)10(7-15)16-8-3-4-8/h5-6,8,10,16H,3-4,7,15H2,1-2H3. The summed E-state index contributed by atoms with van der Waals surface area (Å²) in [6.45, 7) is 0.506. The lowest BCUT2D eigenvalue weighted by atomic mass is 10.1. The second-order valence-electron chi connectivity index (χ2n) is 4.43. The maximum atomic E-state index is 6.37. The number of nitrogens with one attached hydrogen (secondary N) is 1. The number of halogens is 1. The highest BCUT2D eigenvalue weighted by atomic mass is 35.5. The third-order valence-corrected chi connectivity index (χ3v) is 3.53. The van der Waals surface area contributed by atoms with Crippen LogP contribution in [0.1, 0.15) is 24.4 Å². The minimum absolute atomic E-state index is 0.0600. The van der Waals surface area contributed by atoms with Crippen LogP contribution in [0.3, 0.4) is 0 Å². The van der Waals surface area contributed by atoms with Crippen molar-refractivity contribution in [3.05, 3.63) is 22.7 Å². The maximum Gasteiger partial charge on any atom is 0.179 e. The van der Waals surface area contributed by atoms with Gasteiger partial charge in [0.05, 0.1) is 19.2 Å². The van der Waals surface area contributed by atoms with Crippen molar-refractivity contribution < 1.29 is 9.47 Å². The van der Waals surface area contributed by atoms with Crippen LogP contribution in [0.5, 0.6) is 11.5 Å². The Hall–Kier alpha value is -0.970. The summed E-state index contributed by atoms with van der Waals surface area (Å²) in [5.41, 5.74) is 6.78. The molecular formula is C13H19ClN2O2. The Bertz CT molecular complexity index is 422. The fourth-order valence-electron chi connectivity index (χ4n) is 1.99. The second kappa shape index (κ2) is 5.78. The van der Waals surface area contributed by atoms with Gasteiger partial charge in [0.25, 0.3) is 0 Å². The molecule has 2 rings (SSSR count). The second-order valence-corrected chi connectivity index (χ2v) is 4.81. The van der Waals surface area contributed by atoms with E-state index in [4.69, 9.17) is 26.8 Å². The third kappa shape index (κ3) is 2.71. The average Bonchev–Trinajstić information content (AvgIpc) is 3.19. The minimum atomic E-state index is 0.0600. The quantitative estimate of drug-likeness (QED) is 0.831. The van der Waals surface area contributed by atoms with Gasteiger partial charge in [-0.2, -0.15) is 0 Å².